The SMILES string of the molecule is CC(NCC(C)(O)C(=O)O)C12CC3CC(CC(C3)C1)C2. The number of rotatable bonds is 5. The Kier molecular flexibility index (Phi) is 3.37. The minimum absolute atomic E-state index is 0.130. The Balaban J connectivity index is 1.65. The predicted octanol–water partition coefficient (Wildman–Crippen LogP) is 2.02. The molecule has 0 aliphatic heterocycles. The second kappa shape index (κ2) is 4.70. The van der Waals surface area contributed by atoms with Crippen molar-refractivity contribution in [2.45, 2.75) is 64.0 Å². The smallest absolute Gasteiger partial charge is 0.336 e. The van der Waals surface area contributed by atoms with Crippen LogP contribution in [0.1, 0.15) is 52.4 Å². The van der Waals surface area contributed by atoms with Crippen LogP contribution in [0.25, 0.3) is 0 Å². The fourth-order valence-electron chi connectivity index (χ4n) is 5.35. The Bertz CT molecular complexity index is 369. The molecule has 4 bridgehead atoms. The summed E-state index contributed by atoms with van der Waals surface area (Å²) < 4.78 is 0. The second-order valence-electron chi connectivity index (χ2n) is 7.96. The fourth-order valence-corrected chi connectivity index (χ4v) is 5.35. The van der Waals surface area contributed by atoms with Crippen molar-refractivity contribution in [2.75, 3.05) is 6.54 Å². The van der Waals surface area contributed by atoms with Crippen LogP contribution in [0.3, 0.4) is 0 Å². The molecule has 0 radical (unpaired) electrons. The predicted molar refractivity (Wildman–Crippen MR) is 76.3 cm³/mol. The third kappa shape index (κ3) is 2.37. The molecule has 0 aromatic rings. The van der Waals surface area contributed by atoms with Crippen LogP contribution >= 0.6 is 0 Å². The standard InChI is InChI=1S/C16H27NO3/c1-10(17-9-15(2,20)14(18)19)16-6-11-3-12(7-16)5-13(4-11)8-16/h10-13,17,20H,3-9H2,1-2H3,(H,18,19). The van der Waals surface area contributed by atoms with Crippen LogP contribution in [-0.2, 0) is 4.79 Å². The van der Waals surface area contributed by atoms with E-state index >= 15 is 0 Å². The van der Waals surface area contributed by atoms with E-state index in [1.807, 2.05) is 0 Å². The number of carbonyl (C=O) groups is 1. The molecule has 20 heavy (non-hydrogen) atoms. The third-order valence-electron chi connectivity index (χ3n) is 6.22. The average Bonchev–Trinajstić information content (AvgIpc) is 2.34. The highest BCUT2D eigenvalue weighted by Crippen LogP contribution is 2.61. The number of hydrogen-bond acceptors (Lipinski definition) is 3. The first-order valence-corrected chi connectivity index (χ1v) is 8.00. The fraction of sp³-hybridized carbons (Fsp3) is 0.938. The Morgan fingerprint density at radius 1 is 1.25 bits per heavy atom. The van der Waals surface area contributed by atoms with Crippen molar-refractivity contribution < 1.29 is 15.0 Å². The van der Waals surface area contributed by atoms with Gasteiger partial charge in [0, 0.05) is 12.6 Å². The Morgan fingerprint density at radius 3 is 2.10 bits per heavy atom. The van der Waals surface area contributed by atoms with Gasteiger partial charge in [0.15, 0.2) is 5.60 Å². The highest BCUT2D eigenvalue weighted by atomic mass is 16.4. The molecule has 0 spiro atoms. The van der Waals surface area contributed by atoms with Crippen LogP contribution in [0.4, 0.5) is 0 Å². The first-order chi connectivity index (χ1) is 9.31. The van der Waals surface area contributed by atoms with Gasteiger partial charge in [0.1, 0.15) is 0 Å². The minimum Gasteiger partial charge on any atom is -0.479 e. The van der Waals surface area contributed by atoms with Crippen molar-refractivity contribution in [3.8, 4) is 0 Å². The molecule has 2 atom stereocenters. The highest BCUT2D eigenvalue weighted by molar-refractivity contribution is 5.76. The summed E-state index contributed by atoms with van der Waals surface area (Å²) in [5.74, 6) is 1.53. The molecule has 4 fully saturated rings. The number of carboxylic acid groups (broad SMARTS) is 1. The Morgan fingerprint density at radius 2 is 1.70 bits per heavy atom. The maximum atomic E-state index is 11.0. The van der Waals surface area contributed by atoms with Crippen LogP contribution < -0.4 is 5.32 Å². The van der Waals surface area contributed by atoms with E-state index in [2.05, 4.69) is 12.2 Å². The van der Waals surface area contributed by atoms with Crippen LogP contribution in [0.5, 0.6) is 0 Å². The number of carboxylic acids is 1. The van der Waals surface area contributed by atoms with Gasteiger partial charge in [-0.25, -0.2) is 4.79 Å². The largest absolute Gasteiger partial charge is 0.479 e. The normalized spacial score (nSPS) is 43.2. The third-order valence-corrected chi connectivity index (χ3v) is 6.22. The zero-order valence-electron chi connectivity index (χ0n) is 12.6. The summed E-state index contributed by atoms with van der Waals surface area (Å²) in [7, 11) is 0. The second-order valence-corrected chi connectivity index (χ2v) is 7.96. The lowest BCUT2D eigenvalue weighted by atomic mass is 9.48. The van der Waals surface area contributed by atoms with Gasteiger partial charge < -0.3 is 15.5 Å². The topological polar surface area (TPSA) is 69.6 Å². The molecular formula is C16H27NO3. The molecule has 2 unspecified atom stereocenters. The molecule has 114 valence electrons. The first-order valence-electron chi connectivity index (χ1n) is 8.00. The molecule has 3 N–H and O–H groups in total. The quantitative estimate of drug-likeness (QED) is 0.721. The van der Waals surface area contributed by atoms with E-state index in [1.54, 1.807) is 0 Å². The average molecular weight is 281 g/mol. The van der Waals surface area contributed by atoms with Crippen molar-refractivity contribution in [3.05, 3.63) is 0 Å². The van der Waals surface area contributed by atoms with Crippen molar-refractivity contribution in [1.82, 2.24) is 5.32 Å². The van der Waals surface area contributed by atoms with E-state index in [9.17, 15) is 9.90 Å². The summed E-state index contributed by atoms with van der Waals surface area (Å²) in [6.45, 7) is 3.69. The molecular weight excluding hydrogens is 254 g/mol. The summed E-state index contributed by atoms with van der Waals surface area (Å²) in [6.07, 6.45) is 8.13. The van der Waals surface area contributed by atoms with Gasteiger partial charge in [0.2, 0.25) is 0 Å². The molecule has 4 heteroatoms. The lowest BCUT2D eigenvalue weighted by Crippen LogP contribution is -2.57. The summed E-state index contributed by atoms with van der Waals surface area (Å²) in [5, 5.41) is 22.2. The van der Waals surface area contributed by atoms with Crippen LogP contribution in [0, 0.1) is 23.2 Å². The molecule has 4 saturated carbocycles. The van der Waals surface area contributed by atoms with Gasteiger partial charge in [0.25, 0.3) is 0 Å². The van der Waals surface area contributed by atoms with E-state index in [0.717, 1.165) is 17.8 Å². The maximum absolute atomic E-state index is 11.0. The maximum Gasteiger partial charge on any atom is 0.336 e. The molecule has 0 aromatic carbocycles. The van der Waals surface area contributed by atoms with Crippen molar-refractivity contribution >= 4 is 5.97 Å². The summed E-state index contributed by atoms with van der Waals surface area (Å²) in [6, 6.07) is 0.293. The van der Waals surface area contributed by atoms with E-state index in [4.69, 9.17) is 5.11 Å². The van der Waals surface area contributed by atoms with Crippen molar-refractivity contribution in [3.63, 3.8) is 0 Å². The van der Waals surface area contributed by atoms with Gasteiger partial charge in [-0.1, -0.05) is 0 Å². The molecule has 0 aromatic heterocycles. The van der Waals surface area contributed by atoms with Crippen LogP contribution in [-0.4, -0.2) is 34.4 Å². The summed E-state index contributed by atoms with van der Waals surface area (Å²) in [4.78, 5) is 11.0. The van der Waals surface area contributed by atoms with Crippen LogP contribution in [0.2, 0.25) is 0 Å². The van der Waals surface area contributed by atoms with E-state index < -0.39 is 11.6 Å². The van der Waals surface area contributed by atoms with E-state index in [0.29, 0.717) is 11.5 Å². The lowest BCUT2D eigenvalue weighted by molar-refractivity contribution is -0.156. The minimum atomic E-state index is -1.67. The van der Waals surface area contributed by atoms with Gasteiger partial charge in [-0.2, -0.15) is 0 Å². The molecule has 4 nitrogen and oxygen atoms in total. The van der Waals surface area contributed by atoms with Gasteiger partial charge in [-0.3, -0.25) is 0 Å². The van der Waals surface area contributed by atoms with Crippen LogP contribution in [0.15, 0.2) is 0 Å². The number of nitrogens with one attached hydrogen (secondary N) is 1. The first kappa shape index (κ1) is 14.3. The van der Waals surface area contributed by atoms with Crippen molar-refractivity contribution in [2.24, 2.45) is 23.2 Å². The van der Waals surface area contributed by atoms with Gasteiger partial charge >= 0.3 is 5.97 Å². The monoisotopic (exact) mass is 281 g/mol. The number of aliphatic hydroxyl groups is 1. The molecule has 4 aliphatic rings. The number of aliphatic carboxylic acids is 1. The molecule has 0 amide bonds. The van der Waals surface area contributed by atoms with E-state index in [-0.39, 0.29) is 6.54 Å². The zero-order valence-corrected chi connectivity index (χ0v) is 12.6. The molecule has 0 heterocycles. The zero-order chi connectivity index (χ0) is 14.5. The summed E-state index contributed by atoms with van der Waals surface area (Å²) in [5.41, 5.74) is -1.32. The Hall–Kier alpha value is -0.610. The molecule has 4 rings (SSSR count). The van der Waals surface area contributed by atoms with Crippen molar-refractivity contribution in [1.29, 1.82) is 0 Å². The highest BCUT2D eigenvalue weighted by Gasteiger charge is 2.53. The lowest BCUT2D eigenvalue weighted by Gasteiger charge is -2.59. The van der Waals surface area contributed by atoms with Gasteiger partial charge in [0.05, 0.1) is 0 Å². The number of hydrogen-bond donors (Lipinski definition) is 3. The molecule has 0 saturated heterocycles. The Labute approximate surface area is 120 Å². The summed E-state index contributed by atoms with van der Waals surface area (Å²) >= 11 is 0. The van der Waals surface area contributed by atoms with Gasteiger partial charge in [-0.05, 0) is 75.5 Å². The van der Waals surface area contributed by atoms with E-state index in [1.165, 1.54) is 45.4 Å². The molecule has 4 aliphatic carbocycles. The van der Waals surface area contributed by atoms with Gasteiger partial charge in [-0.15, -0.1) is 0 Å².